The molecule has 1 aliphatic rings. The van der Waals surface area contributed by atoms with Crippen molar-refractivity contribution in [3.8, 4) is 6.07 Å². The highest BCUT2D eigenvalue weighted by atomic mass is 16.3. The monoisotopic (exact) mass is 282 g/mol. The fourth-order valence-corrected chi connectivity index (χ4v) is 2.58. The lowest BCUT2D eigenvalue weighted by Crippen LogP contribution is -2.26. The summed E-state index contributed by atoms with van der Waals surface area (Å²) >= 11 is 0. The van der Waals surface area contributed by atoms with E-state index in [0.717, 1.165) is 29.9 Å². The molecule has 3 rings (SSSR count). The highest BCUT2D eigenvalue weighted by Gasteiger charge is 2.31. The minimum atomic E-state index is -0.564. The first kappa shape index (κ1) is 13.7. The third kappa shape index (κ3) is 2.93. The van der Waals surface area contributed by atoms with Gasteiger partial charge in [-0.3, -0.25) is 0 Å². The highest BCUT2D eigenvalue weighted by Crippen LogP contribution is 2.37. The van der Waals surface area contributed by atoms with Gasteiger partial charge in [0.1, 0.15) is 5.76 Å². The summed E-state index contributed by atoms with van der Waals surface area (Å²) in [5.74, 6) is 0.890. The molecular formula is C17H18N2O2. The van der Waals surface area contributed by atoms with Crippen LogP contribution in [0.25, 0.3) is 0 Å². The second kappa shape index (κ2) is 5.63. The predicted octanol–water partition coefficient (Wildman–Crippen LogP) is 3.37. The predicted molar refractivity (Wildman–Crippen MR) is 79.7 cm³/mol. The van der Waals surface area contributed by atoms with Gasteiger partial charge in [-0.2, -0.15) is 5.26 Å². The summed E-state index contributed by atoms with van der Waals surface area (Å²) in [7, 11) is 0. The van der Waals surface area contributed by atoms with Crippen molar-refractivity contribution in [2.75, 3.05) is 4.90 Å². The number of anilines is 1. The molecule has 0 unspecified atom stereocenters. The third-order valence-corrected chi connectivity index (χ3v) is 3.81. The standard InChI is InChI=1S/C17H18N2O2/c1-12(20)16-7-4-13(10-18)9-17(16)19(14-5-6-14)11-15-3-2-8-21-15/h2-4,7-9,12,14,20H,5-6,11H2,1H3/t12-/m1/s1. The molecular weight excluding hydrogens is 264 g/mol. The number of furan rings is 1. The molecule has 0 radical (unpaired) electrons. The van der Waals surface area contributed by atoms with Crippen LogP contribution >= 0.6 is 0 Å². The van der Waals surface area contributed by atoms with Crippen molar-refractivity contribution < 1.29 is 9.52 Å². The topological polar surface area (TPSA) is 60.4 Å². The van der Waals surface area contributed by atoms with E-state index >= 15 is 0 Å². The smallest absolute Gasteiger partial charge is 0.123 e. The Balaban J connectivity index is 1.99. The summed E-state index contributed by atoms with van der Waals surface area (Å²) in [6.45, 7) is 2.41. The van der Waals surface area contributed by atoms with E-state index in [0.29, 0.717) is 18.2 Å². The minimum Gasteiger partial charge on any atom is -0.467 e. The number of benzene rings is 1. The fourth-order valence-electron chi connectivity index (χ4n) is 2.58. The van der Waals surface area contributed by atoms with Crippen LogP contribution in [0.3, 0.4) is 0 Å². The lowest BCUT2D eigenvalue weighted by atomic mass is 10.0. The Labute approximate surface area is 124 Å². The zero-order chi connectivity index (χ0) is 14.8. The molecule has 2 aromatic rings. The van der Waals surface area contributed by atoms with Crippen LogP contribution in [0.5, 0.6) is 0 Å². The molecule has 21 heavy (non-hydrogen) atoms. The summed E-state index contributed by atoms with van der Waals surface area (Å²) in [6, 6.07) is 11.9. The largest absolute Gasteiger partial charge is 0.467 e. The fraction of sp³-hybridized carbons (Fsp3) is 0.353. The quantitative estimate of drug-likeness (QED) is 0.913. The molecule has 1 aromatic carbocycles. The summed E-state index contributed by atoms with van der Waals surface area (Å²) in [5.41, 5.74) is 2.40. The Morgan fingerprint density at radius 1 is 1.43 bits per heavy atom. The number of nitrogens with zero attached hydrogens (tertiary/aromatic N) is 2. The number of aliphatic hydroxyl groups excluding tert-OH is 1. The molecule has 0 spiro atoms. The molecule has 1 aliphatic carbocycles. The van der Waals surface area contributed by atoms with Gasteiger partial charge in [-0.05, 0) is 44.0 Å². The van der Waals surface area contributed by atoms with Gasteiger partial charge in [-0.15, -0.1) is 0 Å². The lowest BCUT2D eigenvalue weighted by Gasteiger charge is -2.27. The van der Waals surface area contributed by atoms with Crippen LogP contribution in [0.1, 0.15) is 42.8 Å². The maximum atomic E-state index is 10.0. The van der Waals surface area contributed by atoms with E-state index in [9.17, 15) is 5.11 Å². The molecule has 0 saturated heterocycles. The van der Waals surface area contributed by atoms with Gasteiger partial charge in [0.15, 0.2) is 0 Å². The molecule has 108 valence electrons. The van der Waals surface area contributed by atoms with E-state index in [1.54, 1.807) is 19.3 Å². The van der Waals surface area contributed by atoms with E-state index < -0.39 is 6.10 Å². The number of hydrogen-bond donors (Lipinski definition) is 1. The molecule has 0 aliphatic heterocycles. The van der Waals surface area contributed by atoms with Gasteiger partial charge in [0.05, 0.1) is 30.5 Å². The number of hydrogen-bond acceptors (Lipinski definition) is 4. The average Bonchev–Trinajstić information content (AvgIpc) is 3.20. The lowest BCUT2D eigenvalue weighted by molar-refractivity contribution is 0.199. The van der Waals surface area contributed by atoms with Crippen LogP contribution in [0.4, 0.5) is 5.69 Å². The Morgan fingerprint density at radius 2 is 2.24 bits per heavy atom. The summed E-state index contributed by atoms with van der Waals surface area (Å²) in [6.07, 6.45) is 3.38. The molecule has 1 heterocycles. The highest BCUT2D eigenvalue weighted by molar-refractivity contribution is 5.60. The zero-order valence-corrected chi connectivity index (χ0v) is 12.0. The van der Waals surface area contributed by atoms with Gasteiger partial charge in [0, 0.05) is 17.3 Å². The van der Waals surface area contributed by atoms with Crippen LogP contribution in [0.15, 0.2) is 41.0 Å². The molecule has 0 amide bonds. The Kier molecular flexibility index (Phi) is 3.68. The average molecular weight is 282 g/mol. The van der Waals surface area contributed by atoms with Crippen LogP contribution < -0.4 is 4.90 Å². The molecule has 4 nitrogen and oxygen atoms in total. The van der Waals surface area contributed by atoms with E-state index in [4.69, 9.17) is 9.68 Å². The van der Waals surface area contributed by atoms with Gasteiger partial charge in [0.2, 0.25) is 0 Å². The molecule has 0 bridgehead atoms. The summed E-state index contributed by atoms with van der Waals surface area (Å²) in [4.78, 5) is 2.24. The van der Waals surface area contributed by atoms with Crippen molar-refractivity contribution in [1.82, 2.24) is 0 Å². The van der Waals surface area contributed by atoms with Gasteiger partial charge < -0.3 is 14.4 Å². The van der Waals surface area contributed by atoms with Gasteiger partial charge >= 0.3 is 0 Å². The van der Waals surface area contributed by atoms with Crippen molar-refractivity contribution in [3.05, 3.63) is 53.5 Å². The van der Waals surface area contributed by atoms with Crippen LogP contribution in [0.2, 0.25) is 0 Å². The van der Waals surface area contributed by atoms with E-state index in [2.05, 4.69) is 11.0 Å². The number of nitriles is 1. The van der Waals surface area contributed by atoms with Crippen molar-refractivity contribution in [2.45, 2.75) is 38.5 Å². The third-order valence-electron chi connectivity index (χ3n) is 3.81. The molecule has 4 heteroatoms. The molecule has 1 fully saturated rings. The first-order valence-electron chi connectivity index (χ1n) is 7.20. The van der Waals surface area contributed by atoms with E-state index in [1.165, 1.54) is 0 Å². The molecule has 1 atom stereocenters. The Bertz CT molecular complexity index is 652. The van der Waals surface area contributed by atoms with Crippen LogP contribution in [-0.4, -0.2) is 11.1 Å². The molecule has 1 N–H and O–H groups in total. The van der Waals surface area contributed by atoms with Crippen molar-refractivity contribution in [3.63, 3.8) is 0 Å². The van der Waals surface area contributed by atoms with Crippen molar-refractivity contribution in [2.24, 2.45) is 0 Å². The SMILES string of the molecule is C[C@@H](O)c1ccc(C#N)cc1N(Cc1ccco1)C1CC1. The Hall–Kier alpha value is -2.25. The van der Waals surface area contributed by atoms with Crippen LogP contribution in [-0.2, 0) is 6.54 Å². The number of rotatable bonds is 5. The summed E-state index contributed by atoms with van der Waals surface area (Å²) in [5, 5.41) is 19.1. The first-order valence-corrected chi connectivity index (χ1v) is 7.20. The molecule has 1 saturated carbocycles. The van der Waals surface area contributed by atoms with Gasteiger partial charge in [-0.25, -0.2) is 0 Å². The summed E-state index contributed by atoms with van der Waals surface area (Å²) < 4.78 is 5.45. The molecule has 1 aromatic heterocycles. The second-order valence-electron chi connectivity index (χ2n) is 5.50. The minimum absolute atomic E-state index is 0.460. The van der Waals surface area contributed by atoms with E-state index in [-0.39, 0.29) is 0 Å². The zero-order valence-electron chi connectivity index (χ0n) is 12.0. The van der Waals surface area contributed by atoms with Crippen LogP contribution in [0, 0.1) is 11.3 Å². The maximum absolute atomic E-state index is 10.0. The first-order chi connectivity index (χ1) is 10.2. The normalized spacial score (nSPS) is 15.5. The number of aliphatic hydroxyl groups is 1. The maximum Gasteiger partial charge on any atom is 0.123 e. The van der Waals surface area contributed by atoms with Crippen molar-refractivity contribution in [1.29, 1.82) is 5.26 Å². The Morgan fingerprint density at radius 3 is 2.81 bits per heavy atom. The van der Waals surface area contributed by atoms with Gasteiger partial charge in [-0.1, -0.05) is 6.07 Å². The second-order valence-corrected chi connectivity index (χ2v) is 5.50. The van der Waals surface area contributed by atoms with Crippen molar-refractivity contribution >= 4 is 5.69 Å². The van der Waals surface area contributed by atoms with E-state index in [1.807, 2.05) is 24.3 Å². The van der Waals surface area contributed by atoms with Gasteiger partial charge in [0.25, 0.3) is 0 Å².